The highest BCUT2D eigenvalue weighted by molar-refractivity contribution is 8.04. The first-order valence-corrected chi connectivity index (χ1v) is 10.9. The molecular formula is C26H24N2O2S. The van der Waals surface area contributed by atoms with Crippen LogP contribution in [0.4, 0.5) is 11.4 Å². The number of nitrogens with one attached hydrogen (secondary N) is 1. The highest BCUT2D eigenvalue weighted by atomic mass is 32.2. The molecule has 0 saturated heterocycles. The van der Waals surface area contributed by atoms with Crippen molar-refractivity contribution in [2.45, 2.75) is 32.6 Å². The molecule has 0 aromatic heterocycles. The molecule has 3 aromatic rings. The van der Waals surface area contributed by atoms with Crippen molar-refractivity contribution in [3.63, 3.8) is 0 Å². The van der Waals surface area contributed by atoms with Gasteiger partial charge in [-0.2, -0.15) is 0 Å². The number of hydrogen-bond acceptors (Lipinski definition) is 4. The van der Waals surface area contributed by atoms with Crippen molar-refractivity contribution in [1.29, 1.82) is 0 Å². The molecule has 156 valence electrons. The molecule has 0 radical (unpaired) electrons. The highest BCUT2D eigenvalue weighted by Gasteiger charge is 2.40. The van der Waals surface area contributed by atoms with Crippen LogP contribution in [-0.2, 0) is 9.59 Å². The monoisotopic (exact) mass is 428 g/mol. The third-order valence-electron chi connectivity index (χ3n) is 5.25. The van der Waals surface area contributed by atoms with Crippen LogP contribution in [0.15, 0.2) is 82.2 Å². The van der Waals surface area contributed by atoms with Crippen molar-refractivity contribution < 1.29 is 9.59 Å². The summed E-state index contributed by atoms with van der Waals surface area (Å²) in [7, 11) is 0. The maximum Gasteiger partial charge on any atom is 0.283 e. The lowest BCUT2D eigenvalue weighted by Crippen LogP contribution is -2.32. The zero-order chi connectivity index (χ0) is 22.1. The van der Waals surface area contributed by atoms with E-state index in [1.54, 1.807) is 0 Å². The molecule has 1 heterocycles. The first-order chi connectivity index (χ1) is 14.8. The lowest BCUT2D eigenvalue weighted by atomic mass is 10.1. The number of carbonyl (C=O) groups is 2. The summed E-state index contributed by atoms with van der Waals surface area (Å²) in [5.41, 5.74) is 5.98. The molecule has 0 fully saturated rings. The van der Waals surface area contributed by atoms with Gasteiger partial charge in [0.2, 0.25) is 0 Å². The number of aryl methyl sites for hydroxylation is 4. The van der Waals surface area contributed by atoms with Gasteiger partial charge in [-0.3, -0.25) is 9.59 Å². The van der Waals surface area contributed by atoms with Gasteiger partial charge in [0, 0.05) is 10.6 Å². The van der Waals surface area contributed by atoms with Crippen LogP contribution in [0.3, 0.4) is 0 Å². The fraction of sp³-hybridized carbons (Fsp3) is 0.154. The van der Waals surface area contributed by atoms with E-state index >= 15 is 0 Å². The van der Waals surface area contributed by atoms with Crippen molar-refractivity contribution in [3.05, 3.63) is 99.6 Å². The summed E-state index contributed by atoms with van der Waals surface area (Å²) in [5.74, 6) is -0.651. The van der Waals surface area contributed by atoms with Crippen LogP contribution in [0.2, 0.25) is 0 Å². The van der Waals surface area contributed by atoms with Gasteiger partial charge in [-0.25, -0.2) is 4.90 Å². The normalized spacial score (nSPS) is 13.9. The minimum Gasteiger partial charge on any atom is -0.350 e. The van der Waals surface area contributed by atoms with Gasteiger partial charge in [-0.1, -0.05) is 42.1 Å². The van der Waals surface area contributed by atoms with Crippen LogP contribution < -0.4 is 10.2 Å². The van der Waals surface area contributed by atoms with E-state index in [-0.39, 0.29) is 11.8 Å². The summed E-state index contributed by atoms with van der Waals surface area (Å²) in [4.78, 5) is 29.5. The number of hydrogen-bond donors (Lipinski definition) is 1. The SMILES string of the molecule is Cc1cc(C)cc(N2C(=O)C(Nc3ccc(C)c(C)c3)=C(Sc3ccccc3)C2=O)c1. The number of imide groups is 1. The van der Waals surface area contributed by atoms with Crippen molar-refractivity contribution in [1.82, 2.24) is 0 Å². The zero-order valence-electron chi connectivity index (χ0n) is 18.0. The van der Waals surface area contributed by atoms with E-state index in [0.717, 1.165) is 27.3 Å². The Hall–Kier alpha value is -3.31. The fourth-order valence-electron chi connectivity index (χ4n) is 3.60. The van der Waals surface area contributed by atoms with Crippen molar-refractivity contribution in [2.24, 2.45) is 0 Å². The van der Waals surface area contributed by atoms with E-state index < -0.39 is 0 Å². The molecule has 0 bridgehead atoms. The second-order valence-corrected chi connectivity index (χ2v) is 8.92. The average molecular weight is 429 g/mol. The molecule has 4 nitrogen and oxygen atoms in total. The third-order valence-corrected chi connectivity index (χ3v) is 6.34. The van der Waals surface area contributed by atoms with E-state index in [9.17, 15) is 9.59 Å². The Labute approximate surface area is 187 Å². The number of anilines is 2. The molecular weight excluding hydrogens is 404 g/mol. The predicted octanol–water partition coefficient (Wildman–Crippen LogP) is 5.91. The molecule has 4 rings (SSSR count). The van der Waals surface area contributed by atoms with Crippen molar-refractivity contribution >= 4 is 35.0 Å². The van der Waals surface area contributed by atoms with Crippen LogP contribution >= 0.6 is 11.8 Å². The van der Waals surface area contributed by atoms with Gasteiger partial charge >= 0.3 is 0 Å². The Bertz CT molecular complexity index is 1200. The number of thioether (sulfide) groups is 1. The van der Waals surface area contributed by atoms with Gasteiger partial charge in [-0.15, -0.1) is 0 Å². The topological polar surface area (TPSA) is 49.4 Å². The summed E-state index contributed by atoms with van der Waals surface area (Å²) in [5, 5.41) is 3.24. The minimum absolute atomic E-state index is 0.307. The fourth-order valence-corrected chi connectivity index (χ4v) is 4.55. The predicted molar refractivity (Wildman–Crippen MR) is 127 cm³/mol. The van der Waals surface area contributed by atoms with E-state index in [1.807, 2.05) is 94.4 Å². The number of rotatable bonds is 5. The van der Waals surface area contributed by atoms with Gasteiger partial charge in [0.15, 0.2) is 0 Å². The molecule has 0 unspecified atom stereocenters. The van der Waals surface area contributed by atoms with Gasteiger partial charge in [-0.05, 0) is 86.3 Å². The molecule has 1 N–H and O–H groups in total. The molecule has 3 aromatic carbocycles. The van der Waals surface area contributed by atoms with Crippen molar-refractivity contribution in [2.75, 3.05) is 10.2 Å². The van der Waals surface area contributed by atoms with E-state index in [2.05, 4.69) is 5.32 Å². The number of amides is 2. The first kappa shape index (κ1) is 20.9. The molecule has 31 heavy (non-hydrogen) atoms. The quantitative estimate of drug-likeness (QED) is 0.513. The Balaban J connectivity index is 1.77. The average Bonchev–Trinajstić information content (AvgIpc) is 2.95. The van der Waals surface area contributed by atoms with E-state index in [4.69, 9.17) is 0 Å². The lowest BCUT2D eigenvalue weighted by Gasteiger charge is -2.17. The van der Waals surface area contributed by atoms with Crippen LogP contribution in [0.5, 0.6) is 0 Å². The summed E-state index contributed by atoms with van der Waals surface area (Å²) in [6, 6.07) is 21.3. The number of carbonyl (C=O) groups excluding carboxylic acids is 2. The smallest absolute Gasteiger partial charge is 0.283 e. The standard InChI is InChI=1S/C26H24N2O2S/c1-16-12-17(2)14-21(13-16)28-25(29)23(27-20-11-10-18(3)19(4)15-20)24(26(28)30)31-22-8-6-5-7-9-22/h5-15,27H,1-4H3. The highest BCUT2D eigenvalue weighted by Crippen LogP contribution is 2.38. The van der Waals surface area contributed by atoms with Gasteiger partial charge in [0.25, 0.3) is 11.8 Å². The van der Waals surface area contributed by atoms with Crippen molar-refractivity contribution in [3.8, 4) is 0 Å². The van der Waals surface area contributed by atoms with E-state index in [1.165, 1.54) is 22.2 Å². The molecule has 1 aliphatic heterocycles. The Morgan fingerprint density at radius 3 is 2.06 bits per heavy atom. The minimum atomic E-state index is -0.341. The lowest BCUT2D eigenvalue weighted by molar-refractivity contribution is -0.120. The summed E-state index contributed by atoms with van der Waals surface area (Å²) in [6.45, 7) is 7.99. The molecule has 0 aliphatic carbocycles. The molecule has 2 amide bonds. The Morgan fingerprint density at radius 1 is 0.742 bits per heavy atom. The maximum absolute atomic E-state index is 13.5. The maximum atomic E-state index is 13.5. The molecule has 5 heteroatoms. The van der Waals surface area contributed by atoms with Crippen LogP contribution in [-0.4, -0.2) is 11.8 Å². The third kappa shape index (κ3) is 4.28. The summed E-state index contributed by atoms with van der Waals surface area (Å²) >= 11 is 1.31. The first-order valence-electron chi connectivity index (χ1n) is 10.1. The Morgan fingerprint density at radius 2 is 1.42 bits per heavy atom. The van der Waals surface area contributed by atoms with E-state index in [0.29, 0.717) is 16.3 Å². The molecule has 0 atom stereocenters. The number of benzene rings is 3. The summed E-state index contributed by atoms with van der Waals surface area (Å²) in [6.07, 6.45) is 0. The van der Waals surface area contributed by atoms with Crippen LogP contribution in [0.1, 0.15) is 22.3 Å². The molecule has 0 saturated carbocycles. The van der Waals surface area contributed by atoms with Gasteiger partial charge in [0.1, 0.15) is 10.6 Å². The summed E-state index contributed by atoms with van der Waals surface area (Å²) < 4.78 is 0. The zero-order valence-corrected chi connectivity index (χ0v) is 18.8. The second-order valence-electron chi connectivity index (χ2n) is 7.83. The van der Waals surface area contributed by atoms with Gasteiger partial charge in [0.05, 0.1) is 5.69 Å². The molecule has 0 spiro atoms. The number of nitrogens with zero attached hydrogens (tertiary/aromatic N) is 1. The Kier molecular flexibility index (Phi) is 5.70. The second kappa shape index (κ2) is 8.44. The van der Waals surface area contributed by atoms with Crippen LogP contribution in [0.25, 0.3) is 0 Å². The largest absolute Gasteiger partial charge is 0.350 e. The molecule has 1 aliphatic rings. The van der Waals surface area contributed by atoms with Crippen LogP contribution in [0, 0.1) is 27.7 Å². The van der Waals surface area contributed by atoms with Gasteiger partial charge < -0.3 is 5.32 Å².